The average molecular weight is 397 g/mol. The minimum Gasteiger partial charge on any atom is -0.410 e. The Kier molecular flexibility index (Phi) is 5.00. The molecule has 4 saturated carbocycles. The van der Waals surface area contributed by atoms with E-state index in [4.69, 9.17) is 4.74 Å². The Labute approximate surface area is 173 Å². The highest BCUT2D eigenvalue weighted by Gasteiger charge is 2.51. The third-order valence-corrected chi connectivity index (χ3v) is 7.77. The molecule has 5 aliphatic rings. The minimum absolute atomic E-state index is 0.178. The van der Waals surface area contributed by atoms with Gasteiger partial charge in [-0.15, -0.1) is 0 Å². The highest BCUT2D eigenvalue weighted by molar-refractivity contribution is 5.77. The monoisotopic (exact) mass is 396 g/mol. The van der Waals surface area contributed by atoms with Gasteiger partial charge in [0.2, 0.25) is 5.91 Å². The standard InChI is InChI=1S/C24H32N2O3/c27-22(16-24-13-17-10-18(14-24)12-19(11-17)15-24)25-20-6-8-26(9-7-20)23(28)29-21-4-2-1-3-5-21/h1-5,17-20H,6-16H2,(H,25,27). The van der Waals surface area contributed by atoms with Gasteiger partial charge < -0.3 is 15.0 Å². The van der Waals surface area contributed by atoms with E-state index in [9.17, 15) is 9.59 Å². The molecule has 1 aromatic rings. The summed E-state index contributed by atoms with van der Waals surface area (Å²) in [5.41, 5.74) is 0.291. The van der Waals surface area contributed by atoms with E-state index in [0.717, 1.165) is 30.6 Å². The van der Waals surface area contributed by atoms with Crippen molar-refractivity contribution in [2.75, 3.05) is 13.1 Å². The van der Waals surface area contributed by atoms with Crippen molar-refractivity contribution in [1.82, 2.24) is 10.2 Å². The maximum Gasteiger partial charge on any atom is 0.415 e. The summed E-state index contributed by atoms with van der Waals surface area (Å²) in [5, 5.41) is 3.29. The largest absolute Gasteiger partial charge is 0.415 e. The number of carbonyl (C=O) groups excluding carboxylic acids is 2. The van der Waals surface area contributed by atoms with Gasteiger partial charge in [-0.25, -0.2) is 4.79 Å². The highest BCUT2D eigenvalue weighted by atomic mass is 16.6. The first-order valence-corrected chi connectivity index (χ1v) is 11.4. The number of carbonyl (C=O) groups is 2. The molecule has 6 rings (SSSR count). The molecule has 1 N–H and O–H groups in total. The Hall–Kier alpha value is -2.04. The second-order valence-corrected chi connectivity index (χ2v) is 10.1. The van der Waals surface area contributed by atoms with Gasteiger partial charge in [-0.3, -0.25) is 4.79 Å². The molecule has 0 radical (unpaired) electrons. The van der Waals surface area contributed by atoms with Crippen molar-refractivity contribution in [3.05, 3.63) is 30.3 Å². The van der Waals surface area contributed by atoms with Gasteiger partial charge in [0.05, 0.1) is 0 Å². The van der Waals surface area contributed by atoms with Crippen LogP contribution in [-0.4, -0.2) is 36.0 Å². The van der Waals surface area contributed by atoms with E-state index in [2.05, 4.69) is 5.32 Å². The number of piperidine rings is 1. The van der Waals surface area contributed by atoms with E-state index in [1.807, 2.05) is 18.2 Å². The number of nitrogens with one attached hydrogen (secondary N) is 1. The molecule has 1 saturated heterocycles. The number of nitrogens with zero attached hydrogens (tertiary/aromatic N) is 1. The van der Waals surface area contributed by atoms with Crippen molar-refractivity contribution in [3.63, 3.8) is 0 Å². The van der Waals surface area contributed by atoms with Crippen LogP contribution in [0.3, 0.4) is 0 Å². The zero-order valence-corrected chi connectivity index (χ0v) is 17.1. The summed E-state index contributed by atoms with van der Waals surface area (Å²) in [6, 6.07) is 9.36. The van der Waals surface area contributed by atoms with Gasteiger partial charge in [0.15, 0.2) is 0 Å². The van der Waals surface area contributed by atoms with E-state index in [1.54, 1.807) is 17.0 Å². The summed E-state index contributed by atoms with van der Waals surface area (Å²) >= 11 is 0. The Bertz CT molecular complexity index is 719. The predicted octanol–water partition coefficient (Wildman–Crippen LogP) is 4.37. The number of likely N-dealkylation sites (tertiary alicyclic amines) is 1. The topological polar surface area (TPSA) is 58.6 Å². The van der Waals surface area contributed by atoms with Gasteiger partial charge in [-0.1, -0.05) is 18.2 Å². The van der Waals surface area contributed by atoms with Gasteiger partial charge in [0.1, 0.15) is 5.75 Å². The smallest absolute Gasteiger partial charge is 0.410 e. The molecule has 29 heavy (non-hydrogen) atoms. The molecule has 0 aromatic heterocycles. The van der Waals surface area contributed by atoms with Gasteiger partial charge in [-0.2, -0.15) is 0 Å². The second kappa shape index (κ2) is 7.66. The Morgan fingerprint density at radius 3 is 2.14 bits per heavy atom. The molecule has 4 bridgehead atoms. The summed E-state index contributed by atoms with van der Waals surface area (Å²) < 4.78 is 5.43. The van der Waals surface area contributed by atoms with Crippen LogP contribution in [0.4, 0.5) is 4.79 Å². The first kappa shape index (κ1) is 19.0. The lowest BCUT2D eigenvalue weighted by atomic mass is 9.49. The normalized spacial score (nSPS) is 33.5. The molecule has 0 atom stereocenters. The van der Waals surface area contributed by atoms with Crippen molar-refractivity contribution in [1.29, 1.82) is 0 Å². The fourth-order valence-electron chi connectivity index (χ4n) is 6.99. The molecule has 0 spiro atoms. The second-order valence-electron chi connectivity index (χ2n) is 10.1. The minimum atomic E-state index is -0.297. The maximum absolute atomic E-state index is 12.8. The van der Waals surface area contributed by atoms with Gasteiger partial charge in [-0.05, 0) is 86.7 Å². The van der Waals surface area contributed by atoms with Crippen LogP contribution in [-0.2, 0) is 4.79 Å². The van der Waals surface area contributed by atoms with E-state index in [-0.39, 0.29) is 18.0 Å². The molecule has 4 aliphatic carbocycles. The summed E-state index contributed by atoms with van der Waals surface area (Å²) in [6.45, 7) is 1.27. The van der Waals surface area contributed by atoms with Crippen LogP contribution in [0.15, 0.2) is 30.3 Å². The Morgan fingerprint density at radius 2 is 1.55 bits per heavy atom. The van der Waals surface area contributed by atoms with Crippen molar-refractivity contribution < 1.29 is 14.3 Å². The fourth-order valence-corrected chi connectivity index (χ4v) is 6.99. The predicted molar refractivity (Wildman–Crippen MR) is 110 cm³/mol. The zero-order chi connectivity index (χ0) is 19.8. The number of amides is 2. The lowest BCUT2D eigenvalue weighted by Crippen LogP contribution is -2.50. The van der Waals surface area contributed by atoms with Crippen LogP contribution < -0.4 is 10.1 Å². The third kappa shape index (κ3) is 4.15. The SMILES string of the molecule is O=C(CC12CC3CC(CC(C3)C1)C2)NC1CCN(C(=O)Oc2ccccc2)CC1. The summed E-state index contributed by atoms with van der Waals surface area (Å²) in [5.74, 6) is 3.45. The number of ether oxygens (including phenoxy) is 1. The van der Waals surface area contributed by atoms with Crippen LogP contribution in [0.1, 0.15) is 57.8 Å². The quantitative estimate of drug-likeness (QED) is 0.822. The van der Waals surface area contributed by atoms with E-state index < -0.39 is 0 Å². The molecular weight excluding hydrogens is 364 g/mol. The van der Waals surface area contributed by atoms with Gasteiger partial charge >= 0.3 is 6.09 Å². The molecule has 5 nitrogen and oxygen atoms in total. The third-order valence-electron chi connectivity index (χ3n) is 7.77. The lowest BCUT2D eigenvalue weighted by Gasteiger charge is -2.56. The summed E-state index contributed by atoms with van der Waals surface area (Å²) in [6.07, 6.45) is 10.1. The fraction of sp³-hybridized carbons (Fsp3) is 0.667. The zero-order valence-electron chi connectivity index (χ0n) is 17.1. The highest BCUT2D eigenvalue weighted by Crippen LogP contribution is 2.61. The molecular formula is C24H32N2O3. The Balaban J connectivity index is 1.09. The number of para-hydroxylation sites is 1. The van der Waals surface area contributed by atoms with E-state index in [1.165, 1.54) is 38.5 Å². The van der Waals surface area contributed by atoms with Crippen LogP contribution in [0.2, 0.25) is 0 Å². The van der Waals surface area contributed by atoms with Crippen molar-refractivity contribution in [3.8, 4) is 5.75 Å². The molecule has 5 fully saturated rings. The van der Waals surface area contributed by atoms with Crippen LogP contribution in [0.25, 0.3) is 0 Å². The lowest BCUT2D eigenvalue weighted by molar-refractivity contribution is -0.130. The first-order chi connectivity index (χ1) is 14.1. The van der Waals surface area contributed by atoms with Crippen molar-refractivity contribution in [2.24, 2.45) is 23.2 Å². The van der Waals surface area contributed by atoms with Crippen LogP contribution in [0.5, 0.6) is 5.75 Å². The van der Waals surface area contributed by atoms with Crippen molar-refractivity contribution >= 4 is 12.0 Å². The van der Waals surface area contributed by atoms with E-state index in [0.29, 0.717) is 30.7 Å². The molecule has 5 heteroatoms. The molecule has 1 aromatic carbocycles. The van der Waals surface area contributed by atoms with E-state index >= 15 is 0 Å². The molecule has 1 aliphatic heterocycles. The number of hydrogen-bond acceptors (Lipinski definition) is 3. The molecule has 156 valence electrons. The first-order valence-electron chi connectivity index (χ1n) is 11.4. The number of benzene rings is 1. The summed E-state index contributed by atoms with van der Waals surface area (Å²) in [4.78, 5) is 26.9. The van der Waals surface area contributed by atoms with Crippen LogP contribution >= 0.6 is 0 Å². The molecule has 0 unspecified atom stereocenters. The number of rotatable bonds is 4. The van der Waals surface area contributed by atoms with Crippen LogP contribution in [0, 0.1) is 23.2 Å². The Morgan fingerprint density at radius 1 is 0.966 bits per heavy atom. The van der Waals surface area contributed by atoms with Gasteiger partial charge in [0, 0.05) is 25.6 Å². The number of hydrogen-bond donors (Lipinski definition) is 1. The molecule has 2 amide bonds. The summed E-state index contributed by atoms with van der Waals surface area (Å²) in [7, 11) is 0. The average Bonchev–Trinajstić information content (AvgIpc) is 2.67. The maximum atomic E-state index is 12.8. The van der Waals surface area contributed by atoms with Gasteiger partial charge in [0.25, 0.3) is 0 Å². The van der Waals surface area contributed by atoms with Crippen molar-refractivity contribution in [2.45, 2.75) is 63.8 Å². The molecule has 1 heterocycles.